The highest BCUT2D eigenvalue weighted by Gasteiger charge is 2.29. The van der Waals surface area contributed by atoms with Gasteiger partial charge in [-0.1, -0.05) is 18.2 Å². The molecule has 1 saturated heterocycles. The molecule has 0 bridgehead atoms. The number of anilines is 1. The molecule has 1 aliphatic heterocycles. The van der Waals surface area contributed by atoms with Gasteiger partial charge in [0.2, 0.25) is 0 Å². The summed E-state index contributed by atoms with van der Waals surface area (Å²) in [7, 11) is 0. The number of amides is 1. The van der Waals surface area contributed by atoms with Gasteiger partial charge in [0.1, 0.15) is 11.4 Å². The van der Waals surface area contributed by atoms with E-state index in [0.29, 0.717) is 30.0 Å². The van der Waals surface area contributed by atoms with Crippen LogP contribution in [0.5, 0.6) is 0 Å². The summed E-state index contributed by atoms with van der Waals surface area (Å²) in [6.07, 6.45) is 1.47. The van der Waals surface area contributed by atoms with E-state index in [2.05, 4.69) is 21.2 Å². The number of piperazine rings is 1. The Bertz CT molecular complexity index is 777. The van der Waals surface area contributed by atoms with E-state index in [1.54, 1.807) is 0 Å². The maximum absolute atomic E-state index is 12.6. The zero-order valence-corrected chi connectivity index (χ0v) is 13.6. The Labute approximate surface area is 140 Å². The predicted octanol–water partition coefficient (Wildman–Crippen LogP) is 1.21. The maximum atomic E-state index is 12.6. The van der Waals surface area contributed by atoms with Crippen molar-refractivity contribution in [3.05, 3.63) is 47.2 Å². The number of nitriles is 1. The number of nitrogens with zero attached hydrogens (tertiary/aromatic N) is 4. The van der Waals surface area contributed by atoms with E-state index in [4.69, 9.17) is 5.73 Å². The molecule has 1 amide bonds. The largest absolute Gasteiger partial charge is 0.383 e. The van der Waals surface area contributed by atoms with Gasteiger partial charge in [-0.15, -0.1) is 0 Å². The van der Waals surface area contributed by atoms with Crippen LogP contribution in [0.1, 0.15) is 28.4 Å². The van der Waals surface area contributed by atoms with E-state index in [0.717, 1.165) is 18.7 Å². The zero-order valence-electron chi connectivity index (χ0n) is 13.6. The Kier molecular flexibility index (Phi) is 4.49. The summed E-state index contributed by atoms with van der Waals surface area (Å²) in [6, 6.07) is 9.93. The van der Waals surface area contributed by atoms with E-state index in [1.807, 2.05) is 36.1 Å². The molecule has 0 spiro atoms. The topological polar surface area (TPSA) is 102 Å². The van der Waals surface area contributed by atoms with Gasteiger partial charge in [-0.05, 0) is 18.6 Å². The number of nitrogens with two attached hydrogens (primary N) is 1. The van der Waals surface area contributed by atoms with Crippen molar-refractivity contribution in [1.29, 1.82) is 5.26 Å². The third-order valence-corrected chi connectivity index (χ3v) is 4.40. The zero-order chi connectivity index (χ0) is 17.1. The predicted molar refractivity (Wildman–Crippen MR) is 89.9 cm³/mol. The summed E-state index contributed by atoms with van der Waals surface area (Å²) in [4.78, 5) is 16.7. The summed E-state index contributed by atoms with van der Waals surface area (Å²) >= 11 is 0. The van der Waals surface area contributed by atoms with Crippen molar-refractivity contribution < 1.29 is 4.79 Å². The summed E-state index contributed by atoms with van der Waals surface area (Å²) < 4.78 is 0. The number of benzene rings is 1. The number of nitrogen functional groups attached to an aromatic ring is 1. The second-order valence-corrected chi connectivity index (χ2v) is 6.05. The van der Waals surface area contributed by atoms with Gasteiger partial charge in [0.15, 0.2) is 0 Å². The van der Waals surface area contributed by atoms with E-state index < -0.39 is 0 Å². The minimum absolute atomic E-state index is 0.0646. The number of aromatic amines is 1. The molecule has 7 nitrogen and oxygen atoms in total. The van der Waals surface area contributed by atoms with Crippen LogP contribution in [0.15, 0.2) is 30.5 Å². The third kappa shape index (κ3) is 3.09. The van der Waals surface area contributed by atoms with Crippen molar-refractivity contribution in [2.75, 3.05) is 25.4 Å². The lowest BCUT2D eigenvalue weighted by atomic mass is 10.1. The molecule has 24 heavy (non-hydrogen) atoms. The Morgan fingerprint density at radius 2 is 2.25 bits per heavy atom. The summed E-state index contributed by atoms with van der Waals surface area (Å²) in [5.74, 6) is 0.211. The average molecular weight is 324 g/mol. The molecular formula is C17H20N6O. The average Bonchev–Trinajstić information content (AvgIpc) is 3.01. The van der Waals surface area contributed by atoms with Crippen molar-refractivity contribution in [1.82, 2.24) is 20.0 Å². The Morgan fingerprint density at radius 3 is 2.92 bits per heavy atom. The third-order valence-electron chi connectivity index (χ3n) is 4.40. The van der Waals surface area contributed by atoms with Crippen LogP contribution in [0.3, 0.4) is 0 Å². The molecule has 0 radical (unpaired) electrons. The lowest BCUT2D eigenvalue weighted by Crippen LogP contribution is -2.53. The van der Waals surface area contributed by atoms with Crippen LogP contribution in [-0.4, -0.2) is 51.6 Å². The number of hydrogen-bond donors (Lipinski definition) is 2. The number of carbonyl (C=O) groups is 1. The SMILES string of the molecule is CC1CN(Cc2ccccc2C#N)CCN1C(=O)c1cn[nH]c1N. The van der Waals surface area contributed by atoms with E-state index in [1.165, 1.54) is 6.20 Å². The van der Waals surface area contributed by atoms with Crippen LogP contribution in [0, 0.1) is 11.3 Å². The molecule has 0 saturated carbocycles. The molecule has 1 aliphatic rings. The van der Waals surface area contributed by atoms with Crippen LogP contribution >= 0.6 is 0 Å². The molecule has 1 fully saturated rings. The van der Waals surface area contributed by atoms with E-state index in [-0.39, 0.29) is 11.9 Å². The van der Waals surface area contributed by atoms with Crippen LogP contribution in [0.2, 0.25) is 0 Å². The van der Waals surface area contributed by atoms with Crippen molar-refractivity contribution >= 4 is 11.7 Å². The first kappa shape index (κ1) is 16.0. The van der Waals surface area contributed by atoms with Gasteiger partial charge < -0.3 is 10.6 Å². The number of nitrogens with one attached hydrogen (secondary N) is 1. The van der Waals surface area contributed by atoms with Gasteiger partial charge >= 0.3 is 0 Å². The highest BCUT2D eigenvalue weighted by atomic mass is 16.2. The van der Waals surface area contributed by atoms with Crippen LogP contribution in [-0.2, 0) is 6.54 Å². The monoisotopic (exact) mass is 324 g/mol. The van der Waals surface area contributed by atoms with Gasteiger partial charge in [-0.3, -0.25) is 14.8 Å². The summed E-state index contributed by atoms with van der Waals surface area (Å²) in [5.41, 5.74) is 7.89. The molecule has 2 aromatic rings. The Hall–Kier alpha value is -2.85. The van der Waals surface area contributed by atoms with E-state index in [9.17, 15) is 10.1 Å². The van der Waals surface area contributed by atoms with Crippen molar-refractivity contribution in [3.8, 4) is 6.07 Å². The quantitative estimate of drug-likeness (QED) is 0.883. The second-order valence-electron chi connectivity index (χ2n) is 6.05. The summed E-state index contributed by atoms with van der Waals surface area (Å²) in [6.45, 7) is 4.87. The van der Waals surface area contributed by atoms with Gasteiger partial charge in [-0.25, -0.2) is 0 Å². The number of H-pyrrole nitrogens is 1. The first-order valence-corrected chi connectivity index (χ1v) is 7.90. The van der Waals surface area contributed by atoms with Crippen molar-refractivity contribution in [2.24, 2.45) is 0 Å². The fraction of sp³-hybridized carbons (Fsp3) is 0.353. The Balaban J connectivity index is 1.66. The lowest BCUT2D eigenvalue weighted by molar-refractivity contribution is 0.0476. The maximum Gasteiger partial charge on any atom is 0.259 e. The fourth-order valence-corrected chi connectivity index (χ4v) is 3.11. The molecule has 7 heteroatoms. The van der Waals surface area contributed by atoms with Crippen LogP contribution in [0.25, 0.3) is 0 Å². The molecule has 2 heterocycles. The molecule has 1 aromatic heterocycles. The number of aromatic nitrogens is 2. The number of carbonyl (C=O) groups excluding carboxylic acids is 1. The lowest BCUT2D eigenvalue weighted by Gasteiger charge is -2.40. The van der Waals surface area contributed by atoms with Gasteiger partial charge in [0.05, 0.1) is 17.8 Å². The summed E-state index contributed by atoms with van der Waals surface area (Å²) in [5, 5.41) is 15.6. The molecular weight excluding hydrogens is 304 g/mol. The molecule has 3 rings (SSSR count). The normalized spacial score (nSPS) is 18.3. The molecule has 3 N–H and O–H groups in total. The molecule has 0 aliphatic carbocycles. The van der Waals surface area contributed by atoms with Gasteiger partial charge in [0.25, 0.3) is 5.91 Å². The van der Waals surface area contributed by atoms with E-state index >= 15 is 0 Å². The standard InChI is InChI=1S/C17H20N6O/c1-12-10-22(11-14-5-3-2-4-13(14)8-18)6-7-23(12)17(24)15-9-20-21-16(15)19/h2-5,9,12H,6-7,10-11H2,1H3,(H3,19,20,21). The first-order chi connectivity index (χ1) is 11.6. The highest BCUT2D eigenvalue weighted by molar-refractivity contribution is 5.98. The molecule has 124 valence electrons. The number of rotatable bonds is 3. The number of hydrogen-bond acceptors (Lipinski definition) is 5. The fourth-order valence-electron chi connectivity index (χ4n) is 3.11. The first-order valence-electron chi connectivity index (χ1n) is 7.90. The molecule has 1 unspecified atom stereocenters. The minimum atomic E-state index is -0.0918. The van der Waals surface area contributed by atoms with Gasteiger partial charge in [0, 0.05) is 32.2 Å². The highest BCUT2D eigenvalue weighted by Crippen LogP contribution is 2.19. The second kappa shape index (κ2) is 6.72. The molecule has 1 atom stereocenters. The Morgan fingerprint density at radius 1 is 1.46 bits per heavy atom. The van der Waals surface area contributed by atoms with Crippen LogP contribution < -0.4 is 5.73 Å². The minimum Gasteiger partial charge on any atom is -0.383 e. The molecule has 1 aromatic carbocycles. The van der Waals surface area contributed by atoms with Crippen molar-refractivity contribution in [2.45, 2.75) is 19.5 Å². The van der Waals surface area contributed by atoms with Gasteiger partial charge in [-0.2, -0.15) is 10.4 Å². The van der Waals surface area contributed by atoms with Crippen molar-refractivity contribution in [3.63, 3.8) is 0 Å². The smallest absolute Gasteiger partial charge is 0.259 e. The van der Waals surface area contributed by atoms with Crippen LogP contribution in [0.4, 0.5) is 5.82 Å².